The average Bonchev–Trinajstić information content (AvgIpc) is 3.01. The first-order valence-electron chi connectivity index (χ1n) is 9.06. The normalized spacial score (nSPS) is 18.9. The second-order valence-electron chi connectivity index (χ2n) is 7.15. The number of carbonyl (C=O) groups excluding carboxylic acids is 2. The molecule has 1 aromatic heterocycles. The van der Waals surface area contributed by atoms with E-state index < -0.39 is 5.41 Å². The van der Waals surface area contributed by atoms with Crippen LogP contribution >= 0.6 is 0 Å². The molecule has 8 nitrogen and oxygen atoms in total. The van der Waals surface area contributed by atoms with Gasteiger partial charge in [0.05, 0.1) is 12.5 Å². The summed E-state index contributed by atoms with van der Waals surface area (Å²) in [5.41, 5.74) is 5.75. The molecule has 144 valence electrons. The minimum atomic E-state index is -1.01. The standard InChI is InChI=1S/C20H22N6O2/c1-13(2)20(12-21)8-10-26(18(20)28)17-7-9-23-19(25-17)24-15-5-3-14(4-6-15)11-16(22)27/h3-7,9,13H,8,10-11H2,1-2H3,(H2,22,27)(H,23,24,25)/t20-/m1/s1. The van der Waals surface area contributed by atoms with Gasteiger partial charge in [-0.3, -0.25) is 14.5 Å². The Hall–Kier alpha value is -3.47. The summed E-state index contributed by atoms with van der Waals surface area (Å²) in [5.74, 6) is 0.123. The largest absolute Gasteiger partial charge is 0.369 e. The van der Waals surface area contributed by atoms with Crippen LogP contribution in [0, 0.1) is 22.7 Å². The van der Waals surface area contributed by atoms with Crippen molar-refractivity contribution in [2.45, 2.75) is 26.7 Å². The molecule has 0 saturated carbocycles. The van der Waals surface area contributed by atoms with Crippen LogP contribution in [0.2, 0.25) is 0 Å². The Bertz CT molecular complexity index is 934. The number of nitrogens with zero attached hydrogens (tertiary/aromatic N) is 4. The molecule has 28 heavy (non-hydrogen) atoms. The molecule has 2 aromatic rings. The van der Waals surface area contributed by atoms with Crippen LogP contribution in [-0.2, 0) is 16.0 Å². The van der Waals surface area contributed by atoms with Crippen molar-refractivity contribution in [2.24, 2.45) is 17.1 Å². The summed E-state index contributed by atoms with van der Waals surface area (Å²) in [6, 6.07) is 11.1. The van der Waals surface area contributed by atoms with Crippen LogP contribution in [-0.4, -0.2) is 28.3 Å². The maximum atomic E-state index is 12.9. The molecule has 3 N–H and O–H groups in total. The van der Waals surface area contributed by atoms with E-state index in [-0.39, 0.29) is 24.2 Å². The molecule has 1 aliphatic heterocycles. The van der Waals surface area contributed by atoms with E-state index in [0.29, 0.717) is 24.7 Å². The Balaban J connectivity index is 1.77. The van der Waals surface area contributed by atoms with E-state index in [0.717, 1.165) is 11.3 Å². The highest BCUT2D eigenvalue weighted by Gasteiger charge is 2.50. The zero-order chi connectivity index (χ0) is 20.3. The van der Waals surface area contributed by atoms with Crippen LogP contribution in [0.3, 0.4) is 0 Å². The van der Waals surface area contributed by atoms with Gasteiger partial charge in [-0.25, -0.2) is 4.98 Å². The van der Waals surface area contributed by atoms with Gasteiger partial charge in [-0.05, 0) is 36.1 Å². The van der Waals surface area contributed by atoms with Crippen molar-refractivity contribution < 1.29 is 9.59 Å². The number of hydrogen-bond donors (Lipinski definition) is 2. The topological polar surface area (TPSA) is 125 Å². The van der Waals surface area contributed by atoms with Gasteiger partial charge in [0.2, 0.25) is 17.8 Å². The van der Waals surface area contributed by atoms with Gasteiger partial charge in [0.15, 0.2) is 0 Å². The Morgan fingerprint density at radius 2 is 2.07 bits per heavy atom. The maximum absolute atomic E-state index is 12.9. The summed E-state index contributed by atoms with van der Waals surface area (Å²) in [6.45, 7) is 4.22. The van der Waals surface area contributed by atoms with Gasteiger partial charge in [-0.2, -0.15) is 10.2 Å². The van der Waals surface area contributed by atoms with Crippen molar-refractivity contribution in [3.8, 4) is 6.07 Å². The molecule has 0 unspecified atom stereocenters. The Labute approximate surface area is 163 Å². The molecule has 1 fully saturated rings. The number of hydrogen-bond acceptors (Lipinski definition) is 6. The summed E-state index contributed by atoms with van der Waals surface area (Å²) in [6.07, 6.45) is 2.23. The maximum Gasteiger partial charge on any atom is 0.248 e. The summed E-state index contributed by atoms with van der Waals surface area (Å²) in [4.78, 5) is 34.0. The summed E-state index contributed by atoms with van der Waals surface area (Å²) >= 11 is 0. The molecule has 1 aliphatic rings. The average molecular weight is 378 g/mol. The zero-order valence-electron chi connectivity index (χ0n) is 15.8. The fourth-order valence-electron chi connectivity index (χ4n) is 3.32. The molecular weight excluding hydrogens is 356 g/mol. The molecule has 1 saturated heterocycles. The second-order valence-corrected chi connectivity index (χ2v) is 7.15. The quantitative estimate of drug-likeness (QED) is 0.793. The lowest BCUT2D eigenvalue weighted by Crippen LogP contribution is -2.37. The molecule has 1 aromatic carbocycles. The monoisotopic (exact) mass is 378 g/mol. The molecule has 0 radical (unpaired) electrons. The number of nitriles is 1. The van der Waals surface area contributed by atoms with E-state index in [4.69, 9.17) is 5.73 Å². The first-order chi connectivity index (χ1) is 13.4. The third-order valence-corrected chi connectivity index (χ3v) is 5.05. The van der Waals surface area contributed by atoms with E-state index in [1.54, 1.807) is 41.4 Å². The number of carbonyl (C=O) groups is 2. The van der Waals surface area contributed by atoms with E-state index >= 15 is 0 Å². The van der Waals surface area contributed by atoms with Crippen LogP contribution in [0.1, 0.15) is 25.8 Å². The highest BCUT2D eigenvalue weighted by Crippen LogP contribution is 2.40. The van der Waals surface area contributed by atoms with E-state index in [1.165, 1.54) is 0 Å². The fraction of sp³-hybridized carbons (Fsp3) is 0.350. The van der Waals surface area contributed by atoms with Crippen LogP contribution in [0.4, 0.5) is 17.5 Å². The second kappa shape index (κ2) is 7.64. The lowest BCUT2D eigenvalue weighted by molar-refractivity contribution is -0.124. The van der Waals surface area contributed by atoms with Crippen molar-refractivity contribution in [1.29, 1.82) is 5.26 Å². The number of benzene rings is 1. The van der Waals surface area contributed by atoms with Crippen LogP contribution in [0.5, 0.6) is 0 Å². The SMILES string of the molecule is CC(C)[C@]1(C#N)CCN(c2ccnc(Nc3ccc(CC(N)=O)cc3)n2)C1=O. The molecular formula is C20H22N6O2. The van der Waals surface area contributed by atoms with Crippen LogP contribution in [0.15, 0.2) is 36.5 Å². The van der Waals surface area contributed by atoms with Crippen LogP contribution < -0.4 is 16.0 Å². The number of nitrogens with two attached hydrogens (primary N) is 1. The van der Waals surface area contributed by atoms with Crippen LogP contribution in [0.25, 0.3) is 0 Å². The minimum Gasteiger partial charge on any atom is -0.369 e. The molecule has 0 spiro atoms. The van der Waals surface area contributed by atoms with Gasteiger partial charge in [-0.1, -0.05) is 26.0 Å². The van der Waals surface area contributed by atoms with Crippen molar-refractivity contribution >= 4 is 29.3 Å². The summed E-state index contributed by atoms with van der Waals surface area (Å²) < 4.78 is 0. The number of rotatable bonds is 6. The third-order valence-electron chi connectivity index (χ3n) is 5.05. The molecule has 0 aliphatic carbocycles. The Kier molecular flexibility index (Phi) is 5.27. The summed E-state index contributed by atoms with van der Waals surface area (Å²) in [7, 11) is 0. The van der Waals surface area contributed by atoms with Crippen molar-refractivity contribution in [2.75, 3.05) is 16.8 Å². The van der Waals surface area contributed by atoms with Gasteiger partial charge in [0.25, 0.3) is 0 Å². The Morgan fingerprint density at radius 3 is 2.64 bits per heavy atom. The van der Waals surface area contributed by atoms with Gasteiger partial charge in [-0.15, -0.1) is 0 Å². The first kappa shape index (κ1) is 19.3. The van der Waals surface area contributed by atoms with E-state index in [1.807, 2.05) is 13.8 Å². The minimum absolute atomic E-state index is 0.0756. The number of anilines is 3. The third kappa shape index (κ3) is 3.64. The van der Waals surface area contributed by atoms with Gasteiger partial charge < -0.3 is 11.1 Å². The fourth-order valence-corrected chi connectivity index (χ4v) is 3.32. The number of primary amides is 1. The number of aromatic nitrogens is 2. The predicted molar refractivity (Wildman–Crippen MR) is 105 cm³/mol. The first-order valence-corrected chi connectivity index (χ1v) is 9.06. The van der Waals surface area contributed by atoms with Crippen molar-refractivity contribution in [1.82, 2.24) is 9.97 Å². The lowest BCUT2D eigenvalue weighted by atomic mass is 9.77. The molecule has 8 heteroatoms. The predicted octanol–water partition coefficient (Wildman–Crippen LogP) is 2.15. The van der Waals surface area contributed by atoms with Crippen molar-refractivity contribution in [3.63, 3.8) is 0 Å². The number of amides is 2. The Morgan fingerprint density at radius 1 is 1.36 bits per heavy atom. The van der Waals surface area contributed by atoms with Gasteiger partial charge >= 0.3 is 0 Å². The highest BCUT2D eigenvalue weighted by molar-refractivity contribution is 6.01. The smallest absolute Gasteiger partial charge is 0.248 e. The van der Waals surface area contributed by atoms with Crippen molar-refractivity contribution in [3.05, 3.63) is 42.1 Å². The van der Waals surface area contributed by atoms with E-state index in [2.05, 4.69) is 21.4 Å². The zero-order valence-corrected chi connectivity index (χ0v) is 15.8. The number of nitrogens with one attached hydrogen (secondary N) is 1. The highest BCUT2D eigenvalue weighted by atomic mass is 16.2. The van der Waals surface area contributed by atoms with Gasteiger partial charge in [0.1, 0.15) is 11.2 Å². The molecule has 0 bridgehead atoms. The molecule has 1 atom stereocenters. The summed E-state index contributed by atoms with van der Waals surface area (Å²) in [5, 5.41) is 12.7. The molecule has 2 amide bonds. The molecule has 2 heterocycles. The van der Waals surface area contributed by atoms with E-state index in [9.17, 15) is 14.9 Å². The molecule has 3 rings (SSSR count). The lowest BCUT2D eigenvalue weighted by Gasteiger charge is -2.24. The van der Waals surface area contributed by atoms with Gasteiger partial charge in [0, 0.05) is 18.4 Å².